The SMILES string of the molecule is COC(=O)C1CCN(C(C)C)C(C)C1=O. The van der Waals surface area contributed by atoms with Crippen molar-refractivity contribution in [2.75, 3.05) is 13.7 Å². The molecule has 0 aromatic carbocycles. The zero-order valence-electron chi connectivity index (χ0n) is 9.82. The molecule has 1 aliphatic rings. The summed E-state index contributed by atoms with van der Waals surface area (Å²) in [5.41, 5.74) is 0. The van der Waals surface area contributed by atoms with Gasteiger partial charge in [0.2, 0.25) is 0 Å². The molecule has 0 aromatic rings. The van der Waals surface area contributed by atoms with Gasteiger partial charge in [-0.05, 0) is 27.2 Å². The first-order chi connectivity index (χ1) is 6.99. The van der Waals surface area contributed by atoms with Gasteiger partial charge in [-0.25, -0.2) is 0 Å². The third-order valence-electron chi connectivity index (χ3n) is 3.08. The van der Waals surface area contributed by atoms with Gasteiger partial charge in [-0.2, -0.15) is 0 Å². The molecule has 0 aromatic heterocycles. The van der Waals surface area contributed by atoms with E-state index in [0.717, 1.165) is 6.54 Å². The fraction of sp³-hybridized carbons (Fsp3) is 0.818. The fourth-order valence-corrected chi connectivity index (χ4v) is 2.15. The summed E-state index contributed by atoms with van der Waals surface area (Å²) in [5.74, 6) is -0.961. The summed E-state index contributed by atoms with van der Waals surface area (Å²) in [4.78, 5) is 25.3. The van der Waals surface area contributed by atoms with Crippen molar-refractivity contribution in [2.24, 2.45) is 5.92 Å². The molecule has 0 aliphatic carbocycles. The van der Waals surface area contributed by atoms with Crippen molar-refractivity contribution in [3.8, 4) is 0 Å². The molecule has 2 atom stereocenters. The van der Waals surface area contributed by atoms with Crippen LogP contribution < -0.4 is 0 Å². The first kappa shape index (κ1) is 12.2. The van der Waals surface area contributed by atoms with Gasteiger partial charge in [-0.3, -0.25) is 14.5 Å². The molecule has 1 heterocycles. The lowest BCUT2D eigenvalue weighted by atomic mass is 9.89. The van der Waals surface area contributed by atoms with E-state index in [1.807, 2.05) is 6.92 Å². The Hall–Kier alpha value is -0.900. The van der Waals surface area contributed by atoms with E-state index in [9.17, 15) is 9.59 Å². The second-order valence-electron chi connectivity index (χ2n) is 4.27. The molecule has 4 heteroatoms. The van der Waals surface area contributed by atoms with Crippen LogP contribution in [-0.2, 0) is 14.3 Å². The second kappa shape index (κ2) is 4.75. The molecule has 0 radical (unpaired) electrons. The molecule has 15 heavy (non-hydrogen) atoms. The van der Waals surface area contributed by atoms with Gasteiger partial charge < -0.3 is 4.74 Å². The maximum absolute atomic E-state index is 11.9. The number of ether oxygens (including phenoxy) is 1. The van der Waals surface area contributed by atoms with Crippen LogP contribution in [0, 0.1) is 5.92 Å². The van der Waals surface area contributed by atoms with Gasteiger partial charge in [-0.15, -0.1) is 0 Å². The number of ketones is 1. The van der Waals surface area contributed by atoms with Gasteiger partial charge in [0.25, 0.3) is 0 Å². The number of methoxy groups -OCH3 is 1. The Kier molecular flexibility index (Phi) is 3.85. The average Bonchev–Trinajstić information content (AvgIpc) is 2.20. The van der Waals surface area contributed by atoms with Crippen molar-refractivity contribution in [2.45, 2.75) is 39.3 Å². The van der Waals surface area contributed by atoms with Crippen molar-refractivity contribution in [3.63, 3.8) is 0 Å². The largest absolute Gasteiger partial charge is 0.468 e. The molecule has 0 bridgehead atoms. The first-order valence-corrected chi connectivity index (χ1v) is 5.36. The molecule has 0 saturated carbocycles. The van der Waals surface area contributed by atoms with E-state index in [1.54, 1.807) is 0 Å². The minimum Gasteiger partial charge on any atom is -0.468 e. The molecule has 4 nitrogen and oxygen atoms in total. The minimum absolute atomic E-state index is 0.0122. The highest BCUT2D eigenvalue weighted by atomic mass is 16.5. The van der Waals surface area contributed by atoms with Crippen LogP contribution in [0.3, 0.4) is 0 Å². The van der Waals surface area contributed by atoms with E-state index in [1.165, 1.54) is 7.11 Å². The highest BCUT2D eigenvalue weighted by Crippen LogP contribution is 2.22. The van der Waals surface area contributed by atoms with E-state index < -0.39 is 11.9 Å². The maximum Gasteiger partial charge on any atom is 0.316 e. The summed E-state index contributed by atoms with van der Waals surface area (Å²) in [6.45, 7) is 6.76. The van der Waals surface area contributed by atoms with Gasteiger partial charge >= 0.3 is 5.97 Å². The molecule has 0 N–H and O–H groups in total. The second-order valence-corrected chi connectivity index (χ2v) is 4.27. The number of carbonyl (C=O) groups excluding carboxylic acids is 2. The molecular weight excluding hydrogens is 194 g/mol. The zero-order valence-corrected chi connectivity index (χ0v) is 9.82. The Morgan fingerprint density at radius 1 is 1.53 bits per heavy atom. The Bertz CT molecular complexity index is 263. The predicted molar refractivity (Wildman–Crippen MR) is 56.4 cm³/mol. The highest BCUT2D eigenvalue weighted by Gasteiger charge is 2.38. The number of piperidine rings is 1. The number of Topliss-reactive ketones (excluding diaryl/α,β-unsaturated/α-hetero) is 1. The molecular formula is C11H19NO3. The van der Waals surface area contributed by atoms with Crippen molar-refractivity contribution < 1.29 is 14.3 Å². The summed E-state index contributed by atoms with van der Waals surface area (Å²) in [6.07, 6.45) is 0.577. The molecule has 1 fully saturated rings. The normalized spacial score (nSPS) is 28.2. The van der Waals surface area contributed by atoms with Crippen LogP contribution in [0.2, 0.25) is 0 Å². The molecule has 86 valence electrons. The number of nitrogens with zero attached hydrogens (tertiary/aromatic N) is 1. The number of carbonyl (C=O) groups is 2. The van der Waals surface area contributed by atoms with E-state index in [4.69, 9.17) is 0 Å². The Morgan fingerprint density at radius 3 is 2.60 bits per heavy atom. The average molecular weight is 213 g/mol. The Morgan fingerprint density at radius 2 is 2.13 bits per heavy atom. The molecule has 0 spiro atoms. The fourth-order valence-electron chi connectivity index (χ4n) is 2.15. The number of hydrogen-bond donors (Lipinski definition) is 0. The van der Waals surface area contributed by atoms with Crippen LogP contribution >= 0.6 is 0 Å². The summed E-state index contributed by atoms with van der Waals surface area (Å²) >= 11 is 0. The molecule has 1 saturated heterocycles. The van der Waals surface area contributed by atoms with Crippen LogP contribution in [0.1, 0.15) is 27.2 Å². The van der Waals surface area contributed by atoms with Gasteiger partial charge in [0.1, 0.15) is 5.92 Å². The summed E-state index contributed by atoms with van der Waals surface area (Å²) < 4.78 is 4.63. The summed E-state index contributed by atoms with van der Waals surface area (Å²) in [5, 5.41) is 0. The minimum atomic E-state index is -0.556. The highest BCUT2D eigenvalue weighted by molar-refractivity contribution is 6.02. The summed E-state index contributed by atoms with van der Waals surface area (Å²) in [6, 6.07) is 0.158. The lowest BCUT2D eigenvalue weighted by molar-refractivity contribution is -0.153. The van der Waals surface area contributed by atoms with Gasteiger partial charge in [0.05, 0.1) is 13.2 Å². The van der Waals surface area contributed by atoms with Crippen molar-refractivity contribution in [1.29, 1.82) is 0 Å². The third kappa shape index (κ3) is 2.37. The van der Waals surface area contributed by atoms with E-state index in [0.29, 0.717) is 12.5 Å². The van der Waals surface area contributed by atoms with Crippen molar-refractivity contribution >= 4 is 11.8 Å². The van der Waals surface area contributed by atoms with Crippen molar-refractivity contribution in [1.82, 2.24) is 4.90 Å². The smallest absolute Gasteiger partial charge is 0.316 e. The van der Waals surface area contributed by atoms with Crippen LogP contribution in [0.4, 0.5) is 0 Å². The van der Waals surface area contributed by atoms with Crippen molar-refractivity contribution in [3.05, 3.63) is 0 Å². The standard InChI is InChI=1S/C11H19NO3/c1-7(2)12-6-5-9(11(14)15-4)10(13)8(12)3/h7-9H,5-6H2,1-4H3. The Labute approximate surface area is 90.6 Å². The number of hydrogen-bond acceptors (Lipinski definition) is 4. The quantitative estimate of drug-likeness (QED) is 0.504. The van der Waals surface area contributed by atoms with Crippen LogP contribution in [0.5, 0.6) is 0 Å². The van der Waals surface area contributed by atoms with Gasteiger partial charge in [0, 0.05) is 12.6 Å². The van der Waals surface area contributed by atoms with E-state index in [-0.39, 0.29) is 11.8 Å². The van der Waals surface area contributed by atoms with Gasteiger partial charge in [-0.1, -0.05) is 0 Å². The third-order valence-corrected chi connectivity index (χ3v) is 3.08. The van der Waals surface area contributed by atoms with Gasteiger partial charge in [0.15, 0.2) is 5.78 Å². The lowest BCUT2D eigenvalue weighted by Crippen LogP contribution is -2.52. The number of likely N-dealkylation sites (tertiary alicyclic amines) is 1. The number of esters is 1. The zero-order chi connectivity index (χ0) is 11.6. The van der Waals surface area contributed by atoms with E-state index >= 15 is 0 Å². The first-order valence-electron chi connectivity index (χ1n) is 5.36. The topological polar surface area (TPSA) is 46.6 Å². The Balaban J connectivity index is 2.73. The molecule has 2 unspecified atom stereocenters. The molecule has 1 aliphatic heterocycles. The lowest BCUT2D eigenvalue weighted by Gasteiger charge is -2.37. The maximum atomic E-state index is 11.9. The number of rotatable bonds is 2. The van der Waals surface area contributed by atoms with Crippen LogP contribution in [0.15, 0.2) is 0 Å². The van der Waals surface area contributed by atoms with Crippen LogP contribution in [-0.4, -0.2) is 42.4 Å². The monoisotopic (exact) mass is 213 g/mol. The summed E-state index contributed by atoms with van der Waals surface area (Å²) in [7, 11) is 1.33. The predicted octanol–water partition coefficient (Wildman–Crippen LogP) is 0.847. The van der Waals surface area contributed by atoms with Crippen LogP contribution in [0.25, 0.3) is 0 Å². The molecule has 1 rings (SSSR count). The van der Waals surface area contributed by atoms with E-state index in [2.05, 4.69) is 23.5 Å². The molecule has 0 amide bonds.